The fraction of sp³-hybridized carbons (Fsp3) is 0.472. The van der Waals surface area contributed by atoms with E-state index in [-0.39, 0.29) is 29.2 Å². The van der Waals surface area contributed by atoms with Crippen LogP contribution >= 0.6 is 24.0 Å². The summed E-state index contributed by atoms with van der Waals surface area (Å²) in [5, 5.41) is 11.5. The Bertz CT molecular complexity index is 2140. The number of amides is 1. The van der Waals surface area contributed by atoms with Crippen LogP contribution in [0, 0.1) is 5.41 Å². The molecular weight excluding hydrogens is 819 g/mol. The molecule has 1 saturated heterocycles. The molecule has 3 aromatic heterocycles. The number of nitrogens with one attached hydrogen (secondary N) is 3. The van der Waals surface area contributed by atoms with E-state index < -0.39 is 55.0 Å². The van der Waals surface area contributed by atoms with Crippen molar-refractivity contribution in [3.8, 4) is 5.75 Å². The van der Waals surface area contributed by atoms with Crippen molar-refractivity contribution in [2.24, 2.45) is 5.41 Å². The Kier molecular flexibility index (Phi) is 11.3. The number of benzene rings is 1. The van der Waals surface area contributed by atoms with E-state index in [9.17, 15) is 27.4 Å². The second kappa shape index (κ2) is 15.3. The van der Waals surface area contributed by atoms with Crippen molar-refractivity contribution in [2.75, 3.05) is 24.8 Å². The van der Waals surface area contributed by atoms with Crippen LogP contribution in [0.25, 0.3) is 0 Å². The molecule has 2 fully saturated rings. The van der Waals surface area contributed by atoms with Crippen molar-refractivity contribution in [1.82, 2.24) is 30.0 Å². The minimum absolute atomic E-state index is 0.0150. The second-order valence-corrected chi connectivity index (χ2v) is 18.0. The topological polar surface area (TPSA) is 175 Å². The third kappa shape index (κ3) is 8.86. The van der Waals surface area contributed by atoms with Gasteiger partial charge in [0.15, 0.2) is 10.9 Å². The molecule has 2 unspecified atom stereocenters. The number of aromatic nitrogens is 5. The minimum Gasteiger partial charge on any atom is -0.495 e. The summed E-state index contributed by atoms with van der Waals surface area (Å²) in [7, 11) is -0.372. The zero-order valence-corrected chi connectivity index (χ0v) is 34.4. The molecule has 0 spiro atoms. The van der Waals surface area contributed by atoms with Gasteiger partial charge in [0.25, 0.3) is 5.91 Å². The molecule has 4 aromatic rings. The number of hydrogen-bond donors (Lipinski definition) is 4. The first-order chi connectivity index (χ1) is 26.2. The molecule has 1 saturated carbocycles. The van der Waals surface area contributed by atoms with E-state index in [0.29, 0.717) is 40.8 Å². The molecule has 2 aliphatic rings. The zero-order chi connectivity index (χ0) is 40.8. The lowest BCUT2D eigenvalue weighted by Crippen LogP contribution is -2.41. The molecule has 6 rings (SSSR count). The van der Waals surface area contributed by atoms with Crippen molar-refractivity contribution in [2.45, 2.75) is 89.4 Å². The van der Waals surface area contributed by atoms with E-state index in [4.69, 9.17) is 14.0 Å². The van der Waals surface area contributed by atoms with Gasteiger partial charge in [-0.2, -0.15) is 28.1 Å². The number of halogens is 4. The van der Waals surface area contributed by atoms with Crippen LogP contribution in [-0.4, -0.2) is 73.2 Å². The number of nitrogens with zero attached hydrogens (tertiary/aromatic N) is 5. The lowest BCUT2D eigenvalue weighted by atomic mass is 9.82. The fourth-order valence-electron chi connectivity index (χ4n) is 6.69. The molecule has 298 valence electrons. The van der Waals surface area contributed by atoms with Gasteiger partial charge < -0.3 is 30.0 Å². The van der Waals surface area contributed by atoms with E-state index >= 15 is 0 Å². The van der Waals surface area contributed by atoms with E-state index in [1.807, 2.05) is 38.6 Å². The molecule has 4 heterocycles. The lowest BCUT2D eigenvalue weighted by molar-refractivity contribution is -0.137. The van der Waals surface area contributed by atoms with Gasteiger partial charge in [0.2, 0.25) is 5.95 Å². The normalized spacial score (nSPS) is 18.2. The number of alkyl halides is 3. The highest BCUT2D eigenvalue weighted by Gasteiger charge is 2.56. The van der Waals surface area contributed by atoms with Crippen LogP contribution in [0.5, 0.6) is 5.75 Å². The number of carbonyl (C=O) groups is 1. The van der Waals surface area contributed by atoms with Crippen LogP contribution in [0.4, 0.5) is 36.3 Å². The maximum absolute atomic E-state index is 14.1. The molecular formula is C36H43BBrF3N8O6P+. The maximum atomic E-state index is 14.1. The van der Waals surface area contributed by atoms with Crippen LogP contribution in [0.3, 0.4) is 0 Å². The number of anilines is 4. The molecule has 1 amide bonds. The van der Waals surface area contributed by atoms with Crippen molar-refractivity contribution in [3.63, 3.8) is 0 Å². The first kappa shape index (κ1) is 41.5. The Morgan fingerprint density at radius 1 is 1.07 bits per heavy atom. The first-order valence-corrected chi connectivity index (χ1v) is 19.8. The van der Waals surface area contributed by atoms with Crippen molar-refractivity contribution in [1.29, 1.82) is 0 Å². The second-order valence-electron chi connectivity index (χ2n) is 15.5. The van der Waals surface area contributed by atoms with Gasteiger partial charge >= 0.3 is 21.3 Å². The van der Waals surface area contributed by atoms with Gasteiger partial charge in [-0.05, 0) is 103 Å². The smallest absolute Gasteiger partial charge is 0.495 e. The van der Waals surface area contributed by atoms with Gasteiger partial charge in [-0.3, -0.25) is 9.48 Å². The lowest BCUT2D eigenvalue weighted by Gasteiger charge is -2.32. The third-order valence-electron chi connectivity index (χ3n) is 10.6. The van der Waals surface area contributed by atoms with Crippen molar-refractivity contribution >= 4 is 65.6 Å². The summed E-state index contributed by atoms with van der Waals surface area (Å²) >= 11 is 3.18. The highest BCUT2D eigenvalue weighted by molar-refractivity contribution is 9.10. The average Bonchev–Trinajstić information content (AvgIpc) is 3.61. The monoisotopic (exact) mass is 861 g/mol. The number of pyridine rings is 1. The Labute approximate surface area is 331 Å². The molecule has 20 heteroatoms. The summed E-state index contributed by atoms with van der Waals surface area (Å²) in [5.74, 6) is -1.13. The van der Waals surface area contributed by atoms with E-state index in [2.05, 4.69) is 51.9 Å². The summed E-state index contributed by atoms with van der Waals surface area (Å²) in [6.07, 6.45) is 1.91. The number of ether oxygens (including phenoxy) is 1. The predicted molar refractivity (Wildman–Crippen MR) is 208 cm³/mol. The quantitative estimate of drug-likeness (QED) is 0.0587. The molecule has 0 bridgehead atoms. The molecule has 14 nitrogen and oxygen atoms in total. The van der Waals surface area contributed by atoms with E-state index in [0.717, 1.165) is 18.3 Å². The number of rotatable bonds is 14. The summed E-state index contributed by atoms with van der Waals surface area (Å²) in [4.78, 5) is 35.2. The number of carbonyl (C=O) groups excluding carboxylic acids is 1. The molecule has 4 N–H and O–H groups in total. The van der Waals surface area contributed by atoms with Gasteiger partial charge in [-0.15, -0.1) is 0 Å². The van der Waals surface area contributed by atoms with Gasteiger partial charge in [-0.25, -0.2) is 9.97 Å². The SMILES string of the molecule is CNC(=O)c1nc(Br)ccc1Nc1nc(Nc2ccc(CC(C)(CC3(Cn4cc(B5OC(C)(C)C(C)(C)O5)cn4)CC3)[P+](=O)O)cc2OC)ncc1C(F)(F)F. The minimum atomic E-state index is -4.83. The van der Waals surface area contributed by atoms with Crippen LogP contribution in [0.2, 0.25) is 0 Å². The summed E-state index contributed by atoms with van der Waals surface area (Å²) < 4.78 is 75.3. The first-order valence-electron chi connectivity index (χ1n) is 17.7. The largest absolute Gasteiger partial charge is 0.511 e. The molecule has 2 atom stereocenters. The molecule has 0 radical (unpaired) electrons. The number of hydrogen-bond acceptors (Lipinski definition) is 11. The molecule has 1 aromatic carbocycles. The van der Waals surface area contributed by atoms with Crippen LogP contribution in [-0.2, 0) is 33.0 Å². The standard InChI is InChI=1S/C36H42BBrF3N8O6P/c1-32(2)33(3,4)55-37(54-32)22-16-44-49(18-22)20-35(12-13-35)19-34(5,56(51)52)15-21-8-9-24(26(14-21)53-7)46-31-43-17-23(36(39,40)41)29(48-31)45-25-10-11-27(38)47-28(25)30(50)42-6/h8-11,14,16-18H,12-13,15,19-20H2,1-7H3,(H3-,42,43,45,46,48,50,51,52)/p+1. The van der Waals surface area contributed by atoms with Gasteiger partial charge in [-0.1, -0.05) is 6.07 Å². The molecule has 1 aliphatic carbocycles. The van der Waals surface area contributed by atoms with Gasteiger partial charge in [0.1, 0.15) is 21.7 Å². The maximum Gasteiger partial charge on any atom is 0.511 e. The zero-order valence-electron chi connectivity index (χ0n) is 31.9. The fourth-order valence-corrected chi connectivity index (χ4v) is 7.79. The summed E-state index contributed by atoms with van der Waals surface area (Å²) in [6, 6.07) is 7.96. The van der Waals surface area contributed by atoms with Crippen molar-refractivity contribution < 1.29 is 41.5 Å². The highest BCUT2D eigenvalue weighted by atomic mass is 79.9. The molecule has 56 heavy (non-hydrogen) atoms. The Morgan fingerprint density at radius 3 is 2.36 bits per heavy atom. The Morgan fingerprint density at radius 2 is 1.75 bits per heavy atom. The highest BCUT2D eigenvalue weighted by Crippen LogP contribution is 2.58. The van der Waals surface area contributed by atoms with Crippen LogP contribution in [0.1, 0.15) is 75.5 Å². The number of methoxy groups -OCH3 is 1. The Balaban J connectivity index is 1.18. The third-order valence-corrected chi connectivity index (χ3v) is 12.3. The summed E-state index contributed by atoms with van der Waals surface area (Å²) in [5.41, 5.74) is -0.683. The van der Waals surface area contributed by atoms with E-state index in [1.54, 1.807) is 31.3 Å². The average molecular weight is 862 g/mol. The molecule has 1 aliphatic heterocycles. The predicted octanol–water partition coefficient (Wildman–Crippen LogP) is 6.91. The van der Waals surface area contributed by atoms with Gasteiger partial charge in [0.05, 0.1) is 29.7 Å². The summed E-state index contributed by atoms with van der Waals surface area (Å²) in [6.45, 7) is 10.3. The van der Waals surface area contributed by atoms with Gasteiger partial charge in [0, 0.05) is 50.5 Å². The van der Waals surface area contributed by atoms with Crippen LogP contribution < -0.4 is 26.2 Å². The Hall–Kier alpha value is -4.16. The van der Waals surface area contributed by atoms with Crippen LogP contribution in [0.15, 0.2) is 53.5 Å². The van der Waals surface area contributed by atoms with E-state index in [1.165, 1.54) is 26.3 Å². The van der Waals surface area contributed by atoms with Crippen molar-refractivity contribution in [3.05, 3.63) is 70.3 Å².